The van der Waals surface area contributed by atoms with Gasteiger partial charge in [-0.15, -0.1) is 0 Å². The summed E-state index contributed by atoms with van der Waals surface area (Å²) in [6, 6.07) is 0. The number of rotatable bonds is 4. The topological polar surface area (TPSA) is 40.1 Å². The molecule has 0 aliphatic rings. The minimum absolute atomic E-state index is 0. The molecule has 0 amide bonds. The monoisotopic (exact) mass is 142 g/mol. The Kier molecular flexibility index (Phi) is 12.0. The molecule has 0 aromatic rings. The second kappa shape index (κ2) is 8.71. The minimum Gasteiger partial charge on any atom is -0.772 e. The number of hydrogen-bond donors (Lipinski definition) is 0. The minimum atomic E-state index is -1.82. The molecule has 0 aromatic carbocycles. The summed E-state index contributed by atoms with van der Waals surface area (Å²) in [5.74, 6) is 0.327. The van der Waals surface area contributed by atoms with Crippen molar-refractivity contribution in [2.45, 2.75) is 26.2 Å². The Balaban J connectivity index is 0. The molecule has 0 rings (SSSR count). The van der Waals surface area contributed by atoms with Gasteiger partial charge < -0.3 is 4.55 Å². The first-order valence-corrected chi connectivity index (χ1v) is 4.07. The van der Waals surface area contributed by atoms with Gasteiger partial charge in [0.05, 0.1) is 0 Å². The van der Waals surface area contributed by atoms with Crippen molar-refractivity contribution in [2.75, 3.05) is 5.75 Å². The van der Waals surface area contributed by atoms with Crippen molar-refractivity contribution in [1.29, 1.82) is 0 Å². The first-order valence-electron chi connectivity index (χ1n) is 2.83. The van der Waals surface area contributed by atoms with E-state index < -0.39 is 11.1 Å². The van der Waals surface area contributed by atoms with E-state index in [1.807, 2.05) is 6.92 Å². The van der Waals surface area contributed by atoms with Crippen LogP contribution >= 0.6 is 0 Å². The van der Waals surface area contributed by atoms with Crippen molar-refractivity contribution in [2.24, 2.45) is 0 Å². The fourth-order valence-electron chi connectivity index (χ4n) is 0.470. The summed E-state index contributed by atoms with van der Waals surface area (Å²) in [4.78, 5) is 0. The Hall–Kier alpha value is 0.707. The van der Waals surface area contributed by atoms with Crippen LogP contribution in [0.25, 0.3) is 0 Å². The molecular weight excluding hydrogens is 131 g/mol. The maximum atomic E-state index is 9.87. The normalized spacial score (nSPS) is 12.2. The molecular formula is C5H11LiO2S. The van der Waals surface area contributed by atoms with Crippen molar-refractivity contribution < 1.29 is 27.6 Å². The van der Waals surface area contributed by atoms with Crippen LogP contribution in [-0.2, 0) is 11.1 Å². The summed E-state index contributed by atoms with van der Waals surface area (Å²) in [5.41, 5.74) is 0. The van der Waals surface area contributed by atoms with E-state index in [1.165, 1.54) is 0 Å². The van der Waals surface area contributed by atoms with Gasteiger partial charge in [-0.25, -0.2) is 0 Å². The predicted octanol–water partition coefficient (Wildman–Crippen LogP) is -1.94. The Morgan fingerprint density at radius 1 is 1.44 bits per heavy atom. The molecule has 50 valence electrons. The van der Waals surface area contributed by atoms with Crippen molar-refractivity contribution >= 4 is 11.1 Å². The second-order valence-corrected chi connectivity index (χ2v) is 2.73. The number of hydrogen-bond acceptors (Lipinski definition) is 2. The molecule has 4 heteroatoms. The zero-order valence-corrected chi connectivity index (χ0v) is 6.87. The fraction of sp³-hybridized carbons (Fsp3) is 1.00. The molecule has 0 saturated heterocycles. The van der Waals surface area contributed by atoms with E-state index in [0.29, 0.717) is 5.75 Å². The van der Waals surface area contributed by atoms with Crippen molar-refractivity contribution in [3.05, 3.63) is 0 Å². The molecule has 0 fully saturated rings. The molecule has 0 heterocycles. The van der Waals surface area contributed by atoms with E-state index >= 15 is 0 Å². The third-order valence-electron chi connectivity index (χ3n) is 0.915. The van der Waals surface area contributed by atoms with Gasteiger partial charge in [0, 0.05) is 5.75 Å². The molecule has 0 radical (unpaired) electrons. The maximum absolute atomic E-state index is 9.87. The van der Waals surface area contributed by atoms with E-state index in [1.54, 1.807) is 0 Å². The van der Waals surface area contributed by atoms with E-state index in [-0.39, 0.29) is 18.9 Å². The molecule has 9 heavy (non-hydrogen) atoms. The van der Waals surface area contributed by atoms with Crippen molar-refractivity contribution in [3.8, 4) is 0 Å². The summed E-state index contributed by atoms with van der Waals surface area (Å²) < 4.78 is 19.7. The van der Waals surface area contributed by atoms with E-state index in [2.05, 4.69) is 0 Å². The van der Waals surface area contributed by atoms with Crippen LogP contribution < -0.4 is 18.9 Å². The van der Waals surface area contributed by atoms with E-state index in [4.69, 9.17) is 0 Å². The molecule has 0 N–H and O–H groups in total. The molecule has 0 saturated carbocycles. The van der Waals surface area contributed by atoms with Gasteiger partial charge in [-0.3, -0.25) is 4.21 Å². The Bertz CT molecular complexity index is 77.4. The summed E-state index contributed by atoms with van der Waals surface area (Å²) in [5, 5.41) is 0. The van der Waals surface area contributed by atoms with Gasteiger partial charge in [-0.2, -0.15) is 0 Å². The van der Waals surface area contributed by atoms with Crippen LogP contribution in [0.1, 0.15) is 26.2 Å². The summed E-state index contributed by atoms with van der Waals surface area (Å²) in [6.45, 7) is 2.05. The van der Waals surface area contributed by atoms with Crippen molar-refractivity contribution in [3.63, 3.8) is 0 Å². The first-order chi connectivity index (χ1) is 3.77. The van der Waals surface area contributed by atoms with Gasteiger partial charge in [0.2, 0.25) is 0 Å². The van der Waals surface area contributed by atoms with E-state index in [0.717, 1.165) is 19.3 Å². The van der Waals surface area contributed by atoms with Crippen LogP contribution in [0.4, 0.5) is 0 Å². The largest absolute Gasteiger partial charge is 1.00 e. The van der Waals surface area contributed by atoms with Crippen molar-refractivity contribution in [1.82, 2.24) is 0 Å². The SMILES string of the molecule is CCCCCS(=O)[O-].[Li+]. The van der Waals surface area contributed by atoms with Gasteiger partial charge in [0.15, 0.2) is 0 Å². The van der Waals surface area contributed by atoms with Crippen LogP contribution in [-0.4, -0.2) is 14.5 Å². The van der Waals surface area contributed by atoms with Crippen LogP contribution in [0.2, 0.25) is 0 Å². The quantitative estimate of drug-likeness (QED) is 0.260. The molecule has 1 atom stereocenters. The maximum Gasteiger partial charge on any atom is 1.00 e. The third-order valence-corrected chi connectivity index (χ3v) is 1.54. The molecule has 0 aliphatic heterocycles. The average Bonchev–Trinajstić information content (AvgIpc) is 1.66. The zero-order chi connectivity index (χ0) is 6.41. The zero-order valence-electron chi connectivity index (χ0n) is 6.05. The summed E-state index contributed by atoms with van der Waals surface area (Å²) in [6.07, 6.45) is 2.91. The van der Waals surface area contributed by atoms with Crippen LogP contribution in [0.5, 0.6) is 0 Å². The van der Waals surface area contributed by atoms with Gasteiger partial charge in [0.1, 0.15) is 0 Å². The van der Waals surface area contributed by atoms with Gasteiger partial charge >= 0.3 is 18.9 Å². The molecule has 0 aliphatic carbocycles. The Morgan fingerprint density at radius 3 is 2.33 bits per heavy atom. The molecule has 2 nitrogen and oxygen atoms in total. The summed E-state index contributed by atoms with van der Waals surface area (Å²) >= 11 is -1.82. The third kappa shape index (κ3) is 12.0. The van der Waals surface area contributed by atoms with Gasteiger partial charge in [-0.05, 0) is 6.42 Å². The molecule has 1 unspecified atom stereocenters. The standard InChI is InChI=1S/C5H12O2S.Li/c1-2-3-4-5-8(6)7;/h2-5H2,1H3,(H,6,7);/q;+1/p-1. The Labute approximate surface area is 70.9 Å². The molecule has 0 bridgehead atoms. The second-order valence-electron chi connectivity index (χ2n) is 1.71. The first kappa shape index (κ1) is 12.4. The fourth-order valence-corrected chi connectivity index (χ4v) is 0.910. The molecule has 0 aromatic heterocycles. The number of unbranched alkanes of at least 4 members (excludes halogenated alkanes) is 2. The van der Waals surface area contributed by atoms with E-state index in [9.17, 15) is 8.76 Å². The average molecular weight is 142 g/mol. The van der Waals surface area contributed by atoms with Crippen LogP contribution in [0.15, 0.2) is 0 Å². The van der Waals surface area contributed by atoms with Gasteiger partial charge in [-0.1, -0.05) is 30.8 Å². The Morgan fingerprint density at radius 2 is 2.00 bits per heavy atom. The smallest absolute Gasteiger partial charge is 0.772 e. The van der Waals surface area contributed by atoms with Crippen LogP contribution in [0, 0.1) is 0 Å². The summed E-state index contributed by atoms with van der Waals surface area (Å²) in [7, 11) is 0. The predicted molar refractivity (Wildman–Crippen MR) is 33.3 cm³/mol. The van der Waals surface area contributed by atoms with Gasteiger partial charge in [0.25, 0.3) is 0 Å². The van der Waals surface area contributed by atoms with Crippen LogP contribution in [0.3, 0.4) is 0 Å². The molecule has 0 spiro atoms.